The second-order valence-corrected chi connectivity index (χ2v) is 7.59. The second kappa shape index (κ2) is 6.93. The van der Waals surface area contributed by atoms with Crippen LogP contribution in [-0.4, -0.2) is 26.5 Å². The highest BCUT2D eigenvalue weighted by Crippen LogP contribution is 2.35. The molecule has 9 heteroatoms. The van der Waals surface area contributed by atoms with E-state index in [4.69, 9.17) is 14.0 Å². The molecule has 29 heavy (non-hydrogen) atoms. The Labute approximate surface area is 169 Å². The third-order valence-corrected chi connectivity index (χ3v) is 5.61. The van der Waals surface area contributed by atoms with Gasteiger partial charge in [-0.1, -0.05) is 40.7 Å². The van der Waals surface area contributed by atoms with Gasteiger partial charge in [0.1, 0.15) is 0 Å². The summed E-state index contributed by atoms with van der Waals surface area (Å²) in [6, 6.07) is 11.3. The van der Waals surface area contributed by atoms with E-state index in [1.54, 1.807) is 19.2 Å². The molecule has 5 rings (SSSR count). The fraction of sp³-hybridized carbons (Fsp3) is 0.200. The molecule has 0 fully saturated rings. The van der Waals surface area contributed by atoms with Crippen LogP contribution in [-0.2, 0) is 12.8 Å². The lowest BCUT2D eigenvalue weighted by molar-refractivity contribution is 0.174. The van der Waals surface area contributed by atoms with Crippen LogP contribution in [0.2, 0.25) is 0 Å². The molecule has 0 spiro atoms. The molecular weight excluding hydrogens is 392 g/mol. The van der Waals surface area contributed by atoms with E-state index in [9.17, 15) is 4.79 Å². The van der Waals surface area contributed by atoms with Gasteiger partial charge in [-0.05, 0) is 19.1 Å². The third-order valence-electron chi connectivity index (χ3n) is 4.60. The SMILES string of the molecule is Cc1cccc(-c2noc(CSc3nc4cc5c(cc4c(=O)n3C)OCO5)n2)c1. The van der Waals surface area contributed by atoms with E-state index in [2.05, 4.69) is 15.1 Å². The number of nitrogens with zero attached hydrogens (tertiary/aromatic N) is 4. The number of benzene rings is 2. The summed E-state index contributed by atoms with van der Waals surface area (Å²) in [6.07, 6.45) is 0. The normalized spacial score (nSPS) is 12.6. The summed E-state index contributed by atoms with van der Waals surface area (Å²) in [7, 11) is 1.69. The van der Waals surface area contributed by atoms with Crippen molar-refractivity contribution in [1.82, 2.24) is 19.7 Å². The average molecular weight is 408 g/mol. The fourth-order valence-electron chi connectivity index (χ4n) is 3.11. The summed E-state index contributed by atoms with van der Waals surface area (Å²) in [5.74, 6) is 2.55. The Balaban J connectivity index is 1.42. The number of hydrogen-bond acceptors (Lipinski definition) is 8. The summed E-state index contributed by atoms with van der Waals surface area (Å²) >= 11 is 1.36. The van der Waals surface area contributed by atoms with Gasteiger partial charge >= 0.3 is 0 Å². The molecule has 1 aliphatic rings. The second-order valence-electron chi connectivity index (χ2n) is 6.65. The smallest absolute Gasteiger partial charge is 0.261 e. The molecule has 0 N–H and O–H groups in total. The van der Waals surface area contributed by atoms with E-state index in [0.29, 0.717) is 45.0 Å². The van der Waals surface area contributed by atoms with Crippen LogP contribution in [0.1, 0.15) is 11.5 Å². The van der Waals surface area contributed by atoms with Crippen molar-refractivity contribution in [3.05, 3.63) is 58.2 Å². The molecule has 0 unspecified atom stereocenters. The van der Waals surface area contributed by atoms with Crippen molar-refractivity contribution in [2.24, 2.45) is 7.05 Å². The first-order chi connectivity index (χ1) is 14.1. The first-order valence-electron chi connectivity index (χ1n) is 8.91. The average Bonchev–Trinajstić information content (AvgIpc) is 3.37. The van der Waals surface area contributed by atoms with Crippen molar-refractivity contribution in [2.45, 2.75) is 17.8 Å². The Morgan fingerprint density at radius 1 is 1.14 bits per heavy atom. The number of rotatable bonds is 4. The van der Waals surface area contributed by atoms with Crippen molar-refractivity contribution in [3.8, 4) is 22.9 Å². The van der Waals surface area contributed by atoms with Crippen LogP contribution in [0.4, 0.5) is 0 Å². The summed E-state index contributed by atoms with van der Waals surface area (Å²) in [5.41, 5.74) is 2.43. The van der Waals surface area contributed by atoms with Gasteiger partial charge in [-0.2, -0.15) is 4.98 Å². The van der Waals surface area contributed by atoms with Crippen LogP contribution in [0.5, 0.6) is 11.5 Å². The number of aryl methyl sites for hydroxylation is 1. The first kappa shape index (κ1) is 17.7. The van der Waals surface area contributed by atoms with Gasteiger partial charge in [-0.3, -0.25) is 9.36 Å². The van der Waals surface area contributed by atoms with Crippen LogP contribution in [0.3, 0.4) is 0 Å². The minimum absolute atomic E-state index is 0.147. The van der Waals surface area contributed by atoms with Crippen molar-refractivity contribution in [1.29, 1.82) is 0 Å². The summed E-state index contributed by atoms with van der Waals surface area (Å²) in [5, 5.41) is 5.09. The third kappa shape index (κ3) is 3.23. The number of aromatic nitrogens is 4. The summed E-state index contributed by atoms with van der Waals surface area (Å²) in [6.45, 7) is 2.16. The fourth-order valence-corrected chi connectivity index (χ4v) is 3.92. The molecule has 3 heterocycles. The standard InChI is InChI=1S/C20H16N4O4S/c1-11-4-3-5-12(6-11)18-22-17(28-23-18)9-29-20-21-14-8-16-15(26-10-27-16)7-13(14)19(25)24(20)2/h3-8H,9-10H2,1-2H3. The topological polar surface area (TPSA) is 92.3 Å². The van der Waals surface area contributed by atoms with E-state index >= 15 is 0 Å². The minimum Gasteiger partial charge on any atom is -0.454 e. The predicted molar refractivity (Wildman–Crippen MR) is 107 cm³/mol. The largest absolute Gasteiger partial charge is 0.454 e. The zero-order valence-electron chi connectivity index (χ0n) is 15.7. The molecule has 0 saturated heterocycles. The number of fused-ring (bicyclic) bond motifs is 2. The highest BCUT2D eigenvalue weighted by atomic mass is 32.2. The van der Waals surface area contributed by atoms with Crippen molar-refractivity contribution in [2.75, 3.05) is 6.79 Å². The Hall–Kier alpha value is -3.33. The molecule has 0 radical (unpaired) electrons. The molecular formula is C20H16N4O4S. The lowest BCUT2D eigenvalue weighted by Crippen LogP contribution is -2.20. The van der Waals surface area contributed by atoms with E-state index in [0.717, 1.165) is 11.1 Å². The monoisotopic (exact) mass is 408 g/mol. The zero-order valence-corrected chi connectivity index (χ0v) is 16.5. The Kier molecular flexibility index (Phi) is 4.24. The molecule has 4 aromatic rings. The lowest BCUT2D eigenvalue weighted by Gasteiger charge is -2.08. The molecule has 2 aromatic carbocycles. The quantitative estimate of drug-likeness (QED) is 0.375. The molecule has 2 aromatic heterocycles. The van der Waals surface area contributed by atoms with E-state index in [1.807, 2.05) is 31.2 Å². The van der Waals surface area contributed by atoms with E-state index in [1.165, 1.54) is 16.3 Å². The van der Waals surface area contributed by atoms with Crippen LogP contribution in [0.15, 0.2) is 50.9 Å². The van der Waals surface area contributed by atoms with Crippen LogP contribution in [0.25, 0.3) is 22.3 Å². The Morgan fingerprint density at radius 2 is 1.97 bits per heavy atom. The first-order valence-corrected chi connectivity index (χ1v) is 9.90. The van der Waals surface area contributed by atoms with Gasteiger partial charge in [-0.15, -0.1) is 0 Å². The van der Waals surface area contributed by atoms with Gasteiger partial charge in [0.05, 0.1) is 16.7 Å². The zero-order chi connectivity index (χ0) is 20.0. The highest BCUT2D eigenvalue weighted by Gasteiger charge is 2.18. The number of ether oxygens (including phenoxy) is 2. The van der Waals surface area contributed by atoms with E-state index < -0.39 is 0 Å². The van der Waals surface area contributed by atoms with E-state index in [-0.39, 0.29) is 12.4 Å². The van der Waals surface area contributed by atoms with Crippen molar-refractivity contribution in [3.63, 3.8) is 0 Å². The number of thioether (sulfide) groups is 1. The molecule has 0 amide bonds. The van der Waals surface area contributed by atoms with Gasteiger partial charge < -0.3 is 14.0 Å². The molecule has 0 atom stereocenters. The minimum atomic E-state index is -0.151. The lowest BCUT2D eigenvalue weighted by atomic mass is 10.1. The van der Waals surface area contributed by atoms with Gasteiger partial charge in [-0.25, -0.2) is 4.98 Å². The van der Waals surface area contributed by atoms with Gasteiger partial charge in [0.25, 0.3) is 5.56 Å². The Morgan fingerprint density at radius 3 is 2.79 bits per heavy atom. The maximum Gasteiger partial charge on any atom is 0.261 e. The van der Waals surface area contributed by atoms with Crippen molar-refractivity contribution < 1.29 is 14.0 Å². The van der Waals surface area contributed by atoms with Gasteiger partial charge in [0, 0.05) is 18.7 Å². The van der Waals surface area contributed by atoms with Crippen LogP contribution < -0.4 is 15.0 Å². The highest BCUT2D eigenvalue weighted by molar-refractivity contribution is 7.98. The molecule has 1 aliphatic heterocycles. The number of hydrogen-bond donors (Lipinski definition) is 0. The molecule has 146 valence electrons. The van der Waals surface area contributed by atoms with Crippen LogP contribution in [0, 0.1) is 6.92 Å². The summed E-state index contributed by atoms with van der Waals surface area (Å²) in [4.78, 5) is 21.8. The van der Waals surface area contributed by atoms with Gasteiger partial charge in [0.2, 0.25) is 18.5 Å². The molecule has 0 aliphatic carbocycles. The molecule has 8 nitrogen and oxygen atoms in total. The predicted octanol–water partition coefficient (Wildman–Crippen LogP) is 3.31. The Bertz CT molecular complexity index is 1300. The summed E-state index contributed by atoms with van der Waals surface area (Å²) < 4.78 is 17.6. The maximum atomic E-state index is 12.7. The maximum absolute atomic E-state index is 12.7. The molecule has 0 saturated carbocycles. The van der Waals surface area contributed by atoms with Gasteiger partial charge in [0.15, 0.2) is 16.7 Å². The molecule has 0 bridgehead atoms. The van der Waals surface area contributed by atoms with Crippen molar-refractivity contribution >= 4 is 22.7 Å². The van der Waals surface area contributed by atoms with Crippen LogP contribution >= 0.6 is 11.8 Å².